The molecule has 0 fully saturated rings. The minimum Gasteiger partial charge on any atom is -0.551 e. The molecule has 10 rings (SSSR count). The third kappa shape index (κ3) is 3.67. The van der Waals surface area contributed by atoms with E-state index in [4.69, 9.17) is 9.39 Å². The molecule has 0 amide bonds. The summed E-state index contributed by atoms with van der Waals surface area (Å²) in [4.78, 5) is 0. The predicted octanol–water partition coefficient (Wildman–Crippen LogP) is 9.39. The second-order valence-electron chi connectivity index (χ2n) is 12.0. The number of aromatic nitrogens is 1. The summed E-state index contributed by atoms with van der Waals surface area (Å²) in [5.41, 5.74) is 12.4. The van der Waals surface area contributed by atoms with Crippen LogP contribution >= 0.6 is 0 Å². The summed E-state index contributed by atoms with van der Waals surface area (Å²) in [5.74, 6) is 2.56. The van der Waals surface area contributed by atoms with Crippen molar-refractivity contribution in [2.75, 3.05) is 0 Å². The maximum atomic E-state index is 6.80. The minimum atomic E-state index is -0.244. The Labute approximate surface area is 267 Å². The summed E-state index contributed by atoms with van der Waals surface area (Å²) in [6.45, 7) is -0.244. The van der Waals surface area contributed by atoms with Crippen molar-refractivity contribution in [3.05, 3.63) is 158 Å². The van der Waals surface area contributed by atoms with Crippen LogP contribution in [0.25, 0.3) is 60.9 Å². The fourth-order valence-corrected chi connectivity index (χ4v) is 7.42. The standard InChI is InChI=1S/C42H26BNO2/c1-2-12-27(13-3-1)28-22-23-39-33(24-28)34-25-29(26-41-42(34)43(46-39)35-17-7-11-21-40(35)45-41)30-14-4-8-18-36(30)44-37-19-9-5-15-31(37)32-16-6-10-20-38(32)44/h1-26H. The average Bonchev–Trinajstić information content (AvgIpc) is 3.46. The highest BCUT2D eigenvalue weighted by Gasteiger charge is 2.41. The summed E-state index contributed by atoms with van der Waals surface area (Å²) in [5, 5.41) is 2.49. The third-order valence-corrected chi connectivity index (χ3v) is 9.48. The highest BCUT2D eigenvalue weighted by Crippen LogP contribution is 2.44. The van der Waals surface area contributed by atoms with Crippen LogP contribution in [0.15, 0.2) is 158 Å². The molecule has 3 heterocycles. The Balaban J connectivity index is 1.24. The normalized spacial score (nSPS) is 12.7. The first-order chi connectivity index (χ1) is 22.8. The molecule has 46 heavy (non-hydrogen) atoms. The summed E-state index contributed by atoms with van der Waals surface area (Å²) in [7, 11) is 0. The molecular formula is C42H26BNO2. The van der Waals surface area contributed by atoms with Gasteiger partial charge in [-0.15, -0.1) is 0 Å². The fourth-order valence-electron chi connectivity index (χ4n) is 7.42. The Kier molecular flexibility index (Phi) is 5.37. The lowest BCUT2D eigenvalue weighted by Gasteiger charge is -2.33. The molecule has 214 valence electrons. The van der Waals surface area contributed by atoms with Crippen LogP contribution in [0.4, 0.5) is 0 Å². The largest absolute Gasteiger partial charge is 0.551 e. The van der Waals surface area contributed by atoms with Gasteiger partial charge in [0.1, 0.15) is 17.2 Å². The molecule has 7 aromatic carbocycles. The van der Waals surface area contributed by atoms with Gasteiger partial charge in [0.05, 0.1) is 16.7 Å². The summed E-state index contributed by atoms with van der Waals surface area (Å²) in [6, 6.07) is 55.9. The molecule has 0 bridgehead atoms. The summed E-state index contributed by atoms with van der Waals surface area (Å²) in [6.07, 6.45) is 0. The second-order valence-corrected chi connectivity index (χ2v) is 12.0. The van der Waals surface area contributed by atoms with E-state index in [0.29, 0.717) is 0 Å². The van der Waals surface area contributed by atoms with E-state index in [2.05, 4.69) is 150 Å². The quantitative estimate of drug-likeness (QED) is 0.192. The smallest absolute Gasteiger partial charge is 0.434 e. The van der Waals surface area contributed by atoms with Crippen LogP contribution in [0, 0.1) is 0 Å². The Morgan fingerprint density at radius 1 is 0.435 bits per heavy atom. The van der Waals surface area contributed by atoms with Gasteiger partial charge < -0.3 is 14.0 Å². The van der Waals surface area contributed by atoms with Crippen LogP contribution in [-0.4, -0.2) is 11.5 Å². The lowest BCUT2D eigenvalue weighted by atomic mass is 9.50. The Morgan fingerprint density at radius 2 is 1.11 bits per heavy atom. The highest BCUT2D eigenvalue weighted by molar-refractivity contribution is 6.84. The number of hydrogen-bond donors (Lipinski definition) is 0. The van der Waals surface area contributed by atoms with E-state index in [9.17, 15) is 0 Å². The van der Waals surface area contributed by atoms with E-state index in [1.54, 1.807) is 0 Å². The van der Waals surface area contributed by atoms with Gasteiger partial charge in [-0.3, -0.25) is 0 Å². The SMILES string of the molecule is c1ccc(-c2ccc3c(c2)-c2cc(-c4ccccc4-n4c5ccccc5c5ccccc54)cc4c2B(O3)c2ccccc2O4)cc1. The number of ether oxygens (including phenoxy) is 1. The van der Waals surface area contributed by atoms with Crippen LogP contribution in [0.2, 0.25) is 0 Å². The first kappa shape index (κ1) is 25.3. The zero-order valence-electron chi connectivity index (χ0n) is 24.9. The van der Waals surface area contributed by atoms with Gasteiger partial charge in [-0.2, -0.15) is 0 Å². The molecule has 2 aliphatic heterocycles. The number of nitrogens with zero attached hydrogens (tertiary/aromatic N) is 1. The second kappa shape index (κ2) is 9.75. The monoisotopic (exact) mass is 587 g/mol. The van der Waals surface area contributed by atoms with Crippen molar-refractivity contribution in [2.24, 2.45) is 0 Å². The van der Waals surface area contributed by atoms with E-state index >= 15 is 0 Å². The van der Waals surface area contributed by atoms with Gasteiger partial charge in [-0.1, -0.05) is 109 Å². The van der Waals surface area contributed by atoms with E-state index in [-0.39, 0.29) is 6.92 Å². The Hall–Kier alpha value is -6.00. The molecule has 2 aliphatic rings. The number of benzene rings is 7. The topological polar surface area (TPSA) is 23.4 Å². The van der Waals surface area contributed by atoms with Gasteiger partial charge in [-0.25, -0.2) is 0 Å². The van der Waals surface area contributed by atoms with E-state index in [0.717, 1.165) is 61.7 Å². The van der Waals surface area contributed by atoms with Crippen molar-refractivity contribution >= 4 is 39.6 Å². The maximum absolute atomic E-state index is 6.80. The van der Waals surface area contributed by atoms with Gasteiger partial charge in [0, 0.05) is 32.8 Å². The van der Waals surface area contributed by atoms with Crippen LogP contribution in [0.5, 0.6) is 17.2 Å². The van der Waals surface area contributed by atoms with Gasteiger partial charge >= 0.3 is 6.92 Å². The number of para-hydroxylation sites is 4. The first-order valence-corrected chi connectivity index (χ1v) is 15.7. The van der Waals surface area contributed by atoms with Crippen molar-refractivity contribution in [2.45, 2.75) is 0 Å². The van der Waals surface area contributed by atoms with Gasteiger partial charge in [-0.05, 0) is 70.8 Å². The van der Waals surface area contributed by atoms with Gasteiger partial charge in [0.15, 0.2) is 0 Å². The lowest BCUT2D eigenvalue weighted by Crippen LogP contribution is -2.53. The molecule has 0 atom stereocenters. The van der Waals surface area contributed by atoms with E-state index in [1.807, 2.05) is 12.1 Å². The molecule has 0 saturated carbocycles. The Bertz CT molecular complexity index is 2440. The van der Waals surface area contributed by atoms with Crippen LogP contribution in [0.3, 0.4) is 0 Å². The van der Waals surface area contributed by atoms with Gasteiger partial charge in [0.25, 0.3) is 0 Å². The van der Waals surface area contributed by atoms with Crippen LogP contribution in [0.1, 0.15) is 0 Å². The highest BCUT2D eigenvalue weighted by atomic mass is 16.5. The maximum Gasteiger partial charge on any atom is 0.434 e. The Morgan fingerprint density at radius 3 is 1.93 bits per heavy atom. The zero-order valence-corrected chi connectivity index (χ0v) is 24.9. The summed E-state index contributed by atoms with van der Waals surface area (Å²) >= 11 is 0. The van der Waals surface area contributed by atoms with Crippen molar-refractivity contribution in [3.8, 4) is 56.3 Å². The predicted molar refractivity (Wildman–Crippen MR) is 189 cm³/mol. The van der Waals surface area contributed by atoms with Crippen molar-refractivity contribution in [1.82, 2.24) is 4.57 Å². The van der Waals surface area contributed by atoms with Gasteiger partial charge in [0.2, 0.25) is 0 Å². The zero-order chi connectivity index (χ0) is 30.2. The number of rotatable bonds is 3. The first-order valence-electron chi connectivity index (χ1n) is 15.7. The van der Waals surface area contributed by atoms with E-state index < -0.39 is 0 Å². The lowest BCUT2D eigenvalue weighted by molar-refractivity contribution is 0.479. The molecule has 0 unspecified atom stereocenters. The molecule has 1 aromatic heterocycles. The van der Waals surface area contributed by atoms with E-state index in [1.165, 1.54) is 27.4 Å². The van der Waals surface area contributed by atoms with Crippen LogP contribution < -0.4 is 20.3 Å². The van der Waals surface area contributed by atoms with Crippen molar-refractivity contribution in [1.29, 1.82) is 0 Å². The van der Waals surface area contributed by atoms with Crippen LogP contribution in [-0.2, 0) is 0 Å². The molecule has 0 N–H and O–H groups in total. The minimum absolute atomic E-state index is 0.244. The fraction of sp³-hybridized carbons (Fsp3) is 0. The molecule has 0 spiro atoms. The molecule has 0 radical (unpaired) electrons. The molecule has 0 aliphatic carbocycles. The summed E-state index contributed by atoms with van der Waals surface area (Å²) < 4.78 is 15.9. The number of hydrogen-bond acceptors (Lipinski definition) is 2. The molecular weight excluding hydrogens is 561 g/mol. The third-order valence-electron chi connectivity index (χ3n) is 9.48. The van der Waals surface area contributed by atoms with Crippen molar-refractivity contribution in [3.63, 3.8) is 0 Å². The molecule has 8 aromatic rings. The average molecular weight is 587 g/mol. The molecule has 3 nitrogen and oxygen atoms in total. The van der Waals surface area contributed by atoms with Crippen molar-refractivity contribution < 1.29 is 9.39 Å². The molecule has 4 heteroatoms. The molecule has 0 saturated heterocycles. The number of fused-ring (bicyclic) bond motifs is 7.